The summed E-state index contributed by atoms with van der Waals surface area (Å²) in [6, 6.07) is 13.1. The molecule has 2 N–H and O–H groups in total. The summed E-state index contributed by atoms with van der Waals surface area (Å²) in [6.45, 7) is 3.74. The van der Waals surface area contributed by atoms with Crippen molar-refractivity contribution in [1.29, 1.82) is 0 Å². The van der Waals surface area contributed by atoms with E-state index in [2.05, 4.69) is 0 Å². The summed E-state index contributed by atoms with van der Waals surface area (Å²) < 4.78 is 5.16. The zero-order valence-electron chi connectivity index (χ0n) is 12.4. The Morgan fingerprint density at radius 2 is 1.91 bits per heavy atom. The normalized spacial score (nSPS) is 17.4. The van der Waals surface area contributed by atoms with Crippen molar-refractivity contribution in [3.63, 3.8) is 0 Å². The maximum absolute atomic E-state index is 12.2. The summed E-state index contributed by atoms with van der Waals surface area (Å²) in [4.78, 5) is 15.3. The van der Waals surface area contributed by atoms with Crippen molar-refractivity contribution in [3.05, 3.63) is 60.1 Å². The number of rotatable bonds is 4. The second-order valence-corrected chi connectivity index (χ2v) is 5.65. The minimum absolute atomic E-state index is 0.0485. The van der Waals surface area contributed by atoms with Crippen LogP contribution in [0.5, 0.6) is 0 Å². The van der Waals surface area contributed by atoms with Crippen LogP contribution in [0.15, 0.2) is 53.1 Å². The first-order valence-corrected chi connectivity index (χ1v) is 7.63. The number of benzene rings is 1. The standard InChI is InChI=1S/C17H20N2O3/c20-15(14-5-2-1-3-6-14)13-18-8-10-19(11-9-18)17(21)16-7-4-12-22-16/h1-7,12,15,20H,8-11,13H2/p+1/t15-/m0/s1. The third-order valence-electron chi connectivity index (χ3n) is 4.16. The summed E-state index contributed by atoms with van der Waals surface area (Å²) in [5, 5.41) is 10.3. The van der Waals surface area contributed by atoms with E-state index in [1.165, 1.54) is 11.2 Å². The van der Waals surface area contributed by atoms with Crippen LogP contribution in [0.25, 0.3) is 0 Å². The highest BCUT2D eigenvalue weighted by Crippen LogP contribution is 2.10. The van der Waals surface area contributed by atoms with E-state index in [-0.39, 0.29) is 5.91 Å². The highest BCUT2D eigenvalue weighted by Gasteiger charge is 2.27. The number of piperazine rings is 1. The molecular formula is C17H21N2O3+. The Hall–Kier alpha value is -2.11. The molecule has 22 heavy (non-hydrogen) atoms. The van der Waals surface area contributed by atoms with E-state index in [1.54, 1.807) is 12.1 Å². The molecule has 1 atom stereocenters. The number of quaternary nitrogens is 1. The Balaban J connectivity index is 1.51. The molecular weight excluding hydrogens is 280 g/mol. The van der Waals surface area contributed by atoms with E-state index in [0.29, 0.717) is 25.4 Å². The van der Waals surface area contributed by atoms with Crippen molar-refractivity contribution in [2.24, 2.45) is 0 Å². The Kier molecular flexibility index (Phi) is 4.56. The van der Waals surface area contributed by atoms with Crippen LogP contribution in [0.3, 0.4) is 0 Å². The number of carbonyl (C=O) groups is 1. The quantitative estimate of drug-likeness (QED) is 0.857. The molecule has 0 unspecified atom stereocenters. The van der Waals surface area contributed by atoms with E-state index in [1.807, 2.05) is 35.2 Å². The maximum Gasteiger partial charge on any atom is 0.289 e. The topological polar surface area (TPSA) is 58.1 Å². The van der Waals surface area contributed by atoms with E-state index in [0.717, 1.165) is 18.7 Å². The van der Waals surface area contributed by atoms with Crippen LogP contribution in [-0.4, -0.2) is 48.6 Å². The Labute approximate surface area is 129 Å². The van der Waals surface area contributed by atoms with Crippen molar-refractivity contribution in [3.8, 4) is 0 Å². The van der Waals surface area contributed by atoms with Gasteiger partial charge in [-0.2, -0.15) is 0 Å². The Morgan fingerprint density at radius 1 is 1.18 bits per heavy atom. The third-order valence-corrected chi connectivity index (χ3v) is 4.16. The highest BCUT2D eigenvalue weighted by atomic mass is 16.3. The molecule has 2 heterocycles. The van der Waals surface area contributed by atoms with Gasteiger partial charge in [0.15, 0.2) is 5.76 Å². The number of amides is 1. The van der Waals surface area contributed by atoms with Gasteiger partial charge in [0, 0.05) is 0 Å². The second-order valence-electron chi connectivity index (χ2n) is 5.65. The fraction of sp³-hybridized carbons (Fsp3) is 0.353. The predicted molar refractivity (Wildman–Crippen MR) is 81.6 cm³/mol. The molecule has 3 rings (SSSR count). The van der Waals surface area contributed by atoms with Gasteiger partial charge >= 0.3 is 0 Å². The molecule has 2 aromatic rings. The number of hydrogen-bond acceptors (Lipinski definition) is 3. The lowest BCUT2D eigenvalue weighted by atomic mass is 10.1. The molecule has 5 nitrogen and oxygen atoms in total. The van der Waals surface area contributed by atoms with Crippen LogP contribution in [0, 0.1) is 0 Å². The largest absolute Gasteiger partial charge is 0.459 e. The second kappa shape index (κ2) is 6.77. The number of hydrogen-bond donors (Lipinski definition) is 2. The number of aliphatic hydroxyl groups excluding tert-OH is 1. The van der Waals surface area contributed by atoms with E-state index in [4.69, 9.17) is 4.42 Å². The van der Waals surface area contributed by atoms with Crippen LogP contribution < -0.4 is 4.90 Å². The summed E-state index contributed by atoms with van der Waals surface area (Å²) in [5.41, 5.74) is 0.948. The molecule has 0 aliphatic carbocycles. The van der Waals surface area contributed by atoms with Crippen molar-refractivity contribution >= 4 is 5.91 Å². The fourth-order valence-electron chi connectivity index (χ4n) is 2.85. The molecule has 0 radical (unpaired) electrons. The Bertz CT molecular complexity index is 590. The highest BCUT2D eigenvalue weighted by molar-refractivity contribution is 5.91. The van der Waals surface area contributed by atoms with Gasteiger partial charge in [0.25, 0.3) is 5.91 Å². The number of carbonyl (C=O) groups excluding carboxylic acids is 1. The lowest BCUT2D eigenvalue weighted by Crippen LogP contribution is -3.15. The molecule has 0 spiro atoms. The van der Waals surface area contributed by atoms with Gasteiger partial charge in [-0.3, -0.25) is 4.79 Å². The zero-order chi connectivity index (χ0) is 15.4. The third kappa shape index (κ3) is 3.37. The predicted octanol–water partition coefficient (Wildman–Crippen LogP) is 0.354. The van der Waals surface area contributed by atoms with Crippen molar-refractivity contribution in [1.82, 2.24) is 4.90 Å². The molecule has 0 saturated carbocycles. The fourth-order valence-corrected chi connectivity index (χ4v) is 2.85. The summed E-state index contributed by atoms with van der Waals surface area (Å²) in [7, 11) is 0. The first-order valence-electron chi connectivity index (χ1n) is 7.63. The first-order chi connectivity index (χ1) is 10.7. The van der Waals surface area contributed by atoms with Crippen LogP contribution in [0.2, 0.25) is 0 Å². The average Bonchev–Trinajstić information content (AvgIpc) is 3.10. The van der Waals surface area contributed by atoms with Gasteiger partial charge in [-0.1, -0.05) is 30.3 Å². The van der Waals surface area contributed by atoms with Crippen LogP contribution in [0.1, 0.15) is 22.2 Å². The summed E-state index contributed by atoms with van der Waals surface area (Å²) in [6.07, 6.45) is 1.06. The zero-order valence-corrected chi connectivity index (χ0v) is 12.4. The lowest BCUT2D eigenvalue weighted by molar-refractivity contribution is -0.907. The van der Waals surface area contributed by atoms with Gasteiger partial charge in [-0.25, -0.2) is 0 Å². The van der Waals surface area contributed by atoms with Crippen LogP contribution in [0.4, 0.5) is 0 Å². The number of nitrogens with one attached hydrogen (secondary N) is 1. The van der Waals surface area contributed by atoms with Gasteiger partial charge in [-0.15, -0.1) is 0 Å². The van der Waals surface area contributed by atoms with Crippen molar-refractivity contribution in [2.75, 3.05) is 32.7 Å². The Morgan fingerprint density at radius 3 is 2.55 bits per heavy atom. The van der Waals surface area contributed by atoms with E-state index < -0.39 is 6.10 Å². The van der Waals surface area contributed by atoms with Crippen LogP contribution in [-0.2, 0) is 0 Å². The van der Waals surface area contributed by atoms with Gasteiger partial charge in [0.1, 0.15) is 12.6 Å². The molecule has 1 fully saturated rings. The first kappa shape index (κ1) is 14.8. The number of aliphatic hydroxyl groups is 1. The maximum atomic E-state index is 12.2. The van der Waals surface area contributed by atoms with Crippen LogP contribution >= 0.6 is 0 Å². The molecule has 1 amide bonds. The van der Waals surface area contributed by atoms with Crippen molar-refractivity contribution in [2.45, 2.75) is 6.10 Å². The number of nitrogens with zero attached hydrogens (tertiary/aromatic N) is 1. The van der Waals surface area contributed by atoms with Gasteiger partial charge in [0.2, 0.25) is 0 Å². The summed E-state index contributed by atoms with van der Waals surface area (Å²) >= 11 is 0. The molecule has 1 saturated heterocycles. The molecule has 1 aliphatic heterocycles. The van der Waals surface area contributed by atoms with E-state index in [9.17, 15) is 9.90 Å². The SMILES string of the molecule is O=C(c1ccco1)N1CC[NH+](C[C@H](O)c2ccccc2)CC1. The molecule has 1 aliphatic rings. The smallest absolute Gasteiger partial charge is 0.289 e. The molecule has 1 aromatic heterocycles. The lowest BCUT2D eigenvalue weighted by Gasteiger charge is -2.32. The number of furan rings is 1. The van der Waals surface area contributed by atoms with Gasteiger partial charge in [-0.05, 0) is 17.7 Å². The van der Waals surface area contributed by atoms with Gasteiger partial charge < -0.3 is 19.3 Å². The van der Waals surface area contributed by atoms with Gasteiger partial charge in [0.05, 0.1) is 32.4 Å². The van der Waals surface area contributed by atoms with E-state index >= 15 is 0 Å². The molecule has 1 aromatic carbocycles. The minimum Gasteiger partial charge on any atom is -0.459 e. The minimum atomic E-state index is -0.455. The molecule has 116 valence electrons. The molecule has 5 heteroatoms. The monoisotopic (exact) mass is 301 g/mol. The average molecular weight is 301 g/mol. The van der Waals surface area contributed by atoms with Crippen molar-refractivity contribution < 1.29 is 19.2 Å². The summed E-state index contributed by atoms with van der Waals surface area (Å²) in [5.74, 6) is 0.348. The molecule has 0 bridgehead atoms.